The molecule has 0 fully saturated rings. The Balaban J connectivity index is 2.31. The third-order valence-corrected chi connectivity index (χ3v) is 1.82. The number of esters is 1. The first-order valence-electron chi connectivity index (χ1n) is 4.98. The SMILES string of the molecule is C#CCCC#COC(=O)Cc1ccccc1. The number of carbonyl (C=O) groups excluding carboxylic acids is 1. The molecular formula is C14H12O2. The second kappa shape index (κ2) is 7.15. The van der Waals surface area contributed by atoms with E-state index in [0.717, 1.165) is 5.56 Å². The monoisotopic (exact) mass is 212 g/mol. The molecule has 80 valence electrons. The molecular weight excluding hydrogens is 200 g/mol. The molecule has 1 aromatic carbocycles. The molecule has 0 saturated heterocycles. The van der Waals surface area contributed by atoms with Crippen LogP contribution in [0, 0.1) is 24.4 Å². The predicted octanol–water partition coefficient (Wildman–Crippen LogP) is 2.15. The molecule has 1 aromatic rings. The van der Waals surface area contributed by atoms with E-state index in [9.17, 15) is 4.79 Å². The highest BCUT2D eigenvalue weighted by atomic mass is 16.5. The summed E-state index contributed by atoms with van der Waals surface area (Å²) in [5, 5.41) is 0. The zero-order valence-corrected chi connectivity index (χ0v) is 8.90. The van der Waals surface area contributed by atoms with Crippen LogP contribution in [0.3, 0.4) is 0 Å². The van der Waals surface area contributed by atoms with Gasteiger partial charge in [-0.05, 0) is 5.56 Å². The van der Waals surface area contributed by atoms with E-state index in [1.165, 1.54) is 0 Å². The molecule has 16 heavy (non-hydrogen) atoms. The van der Waals surface area contributed by atoms with Gasteiger partial charge in [0, 0.05) is 12.8 Å². The summed E-state index contributed by atoms with van der Waals surface area (Å²) in [7, 11) is 0. The number of ether oxygens (including phenoxy) is 1. The standard InChI is InChI=1S/C14H12O2/c1-2-3-4-8-11-16-14(15)12-13-9-6-5-7-10-13/h1,5-7,9-10H,3-4,12H2. The highest BCUT2D eigenvalue weighted by Crippen LogP contribution is 2.00. The van der Waals surface area contributed by atoms with Crippen LogP contribution in [0.25, 0.3) is 0 Å². The number of benzene rings is 1. The van der Waals surface area contributed by atoms with E-state index in [1.807, 2.05) is 30.3 Å². The molecule has 2 heteroatoms. The van der Waals surface area contributed by atoms with Gasteiger partial charge in [-0.3, -0.25) is 4.79 Å². The normalized spacial score (nSPS) is 8.44. The van der Waals surface area contributed by atoms with Crippen molar-refractivity contribution in [1.29, 1.82) is 0 Å². The fraction of sp³-hybridized carbons (Fsp3) is 0.214. The van der Waals surface area contributed by atoms with Crippen molar-refractivity contribution >= 4 is 5.97 Å². The third-order valence-electron chi connectivity index (χ3n) is 1.82. The molecule has 0 spiro atoms. The summed E-state index contributed by atoms with van der Waals surface area (Å²) in [6, 6.07) is 9.39. The van der Waals surface area contributed by atoms with Gasteiger partial charge < -0.3 is 4.74 Å². The van der Waals surface area contributed by atoms with Crippen LogP contribution in [0.4, 0.5) is 0 Å². The molecule has 0 radical (unpaired) electrons. The molecule has 0 atom stereocenters. The van der Waals surface area contributed by atoms with Gasteiger partial charge in [0.25, 0.3) is 0 Å². The van der Waals surface area contributed by atoms with Crippen molar-refractivity contribution in [1.82, 2.24) is 0 Å². The van der Waals surface area contributed by atoms with Gasteiger partial charge in [-0.2, -0.15) is 0 Å². The summed E-state index contributed by atoms with van der Waals surface area (Å²) in [5.41, 5.74) is 0.915. The van der Waals surface area contributed by atoms with E-state index in [-0.39, 0.29) is 12.4 Å². The second-order valence-electron chi connectivity index (χ2n) is 3.12. The van der Waals surface area contributed by atoms with E-state index in [4.69, 9.17) is 11.2 Å². The second-order valence-corrected chi connectivity index (χ2v) is 3.12. The molecule has 0 aromatic heterocycles. The first-order valence-corrected chi connectivity index (χ1v) is 4.98. The van der Waals surface area contributed by atoms with Crippen LogP contribution in [0.1, 0.15) is 18.4 Å². The molecule has 2 nitrogen and oxygen atoms in total. The lowest BCUT2D eigenvalue weighted by molar-refractivity contribution is -0.136. The smallest absolute Gasteiger partial charge is 0.324 e. The van der Waals surface area contributed by atoms with Crippen molar-refractivity contribution in [2.75, 3.05) is 0 Å². The Morgan fingerprint density at radius 1 is 1.25 bits per heavy atom. The number of hydrogen-bond donors (Lipinski definition) is 0. The maximum Gasteiger partial charge on any atom is 0.324 e. The van der Waals surface area contributed by atoms with E-state index in [0.29, 0.717) is 12.8 Å². The minimum absolute atomic E-state index is 0.241. The van der Waals surface area contributed by atoms with E-state index < -0.39 is 0 Å². The lowest BCUT2D eigenvalue weighted by Crippen LogP contribution is -2.03. The van der Waals surface area contributed by atoms with Gasteiger partial charge in [0.1, 0.15) is 6.11 Å². The average molecular weight is 212 g/mol. The van der Waals surface area contributed by atoms with Gasteiger partial charge in [0.15, 0.2) is 0 Å². The number of rotatable bonds is 3. The fourth-order valence-electron chi connectivity index (χ4n) is 1.08. The minimum atomic E-state index is -0.348. The summed E-state index contributed by atoms with van der Waals surface area (Å²) in [6.45, 7) is 0. The molecule has 0 bridgehead atoms. The quantitative estimate of drug-likeness (QED) is 0.436. The largest absolute Gasteiger partial charge is 0.372 e. The summed E-state index contributed by atoms with van der Waals surface area (Å²) >= 11 is 0. The van der Waals surface area contributed by atoms with Crippen LogP contribution in [0.5, 0.6) is 0 Å². The van der Waals surface area contributed by atoms with Crippen molar-refractivity contribution in [2.45, 2.75) is 19.3 Å². The Bertz CT molecular complexity index is 429. The summed E-state index contributed by atoms with van der Waals surface area (Å²) in [5.74, 6) is 4.77. The number of carbonyl (C=O) groups is 1. The Kier molecular flexibility index (Phi) is 5.31. The summed E-state index contributed by atoms with van der Waals surface area (Å²) in [4.78, 5) is 11.3. The van der Waals surface area contributed by atoms with Crippen molar-refractivity contribution in [3.63, 3.8) is 0 Å². The van der Waals surface area contributed by atoms with Gasteiger partial charge >= 0.3 is 5.97 Å². The predicted molar refractivity (Wildman–Crippen MR) is 62.1 cm³/mol. The van der Waals surface area contributed by atoms with Gasteiger partial charge in [-0.15, -0.1) is 12.3 Å². The van der Waals surface area contributed by atoms with E-state index in [2.05, 4.69) is 17.9 Å². The molecule has 0 amide bonds. The van der Waals surface area contributed by atoms with Crippen LogP contribution in [0.15, 0.2) is 30.3 Å². The zero-order chi connectivity index (χ0) is 11.6. The molecule has 0 N–H and O–H groups in total. The number of unbranched alkanes of at least 4 members (excludes halogenated alkanes) is 1. The maximum absolute atomic E-state index is 11.3. The molecule has 0 heterocycles. The Labute approximate surface area is 95.6 Å². The third kappa shape index (κ3) is 4.88. The van der Waals surface area contributed by atoms with Crippen molar-refractivity contribution < 1.29 is 9.53 Å². The first kappa shape index (κ1) is 11.9. The fourth-order valence-corrected chi connectivity index (χ4v) is 1.08. The average Bonchev–Trinajstić information content (AvgIpc) is 2.30. The van der Waals surface area contributed by atoms with Crippen molar-refractivity contribution in [2.24, 2.45) is 0 Å². The molecule has 0 saturated carbocycles. The van der Waals surface area contributed by atoms with Crippen LogP contribution < -0.4 is 0 Å². The summed E-state index contributed by atoms with van der Waals surface area (Å²) < 4.78 is 4.72. The van der Waals surface area contributed by atoms with Crippen LogP contribution >= 0.6 is 0 Å². The maximum atomic E-state index is 11.3. The topological polar surface area (TPSA) is 26.3 Å². The van der Waals surface area contributed by atoms with Crippen LogP contribution in [-0.4, -0.2) is 5.97 Å². The lowest BCUT2D eigenvalue weighted by atomic mass is 10.2. The lowest BCUT2D eigenvalue weighted by Gasteiger charge is -1.96. The van der Waals surface area contributed by atoms with Gasteiger partial charge in [0.2, 0.25) is 0 Å². The highest BCUT2D eigenvalue weighted by molar-refractivity contribution is 5.73. The first-order chi connectivity index (χ1) is 7.83. The van der Waals surface area contributed by atoms with Crippen molar-refractivity contribution in [3.05, 3.63) is 35.9 Å². The minimum Gasteiger partial charge on any atom is -0.372 e. The van der Waals surface area contributed by atoms with E-state index >= 15 is 0 Å². The Morgan fingerprint density at radius 3 is 2.69 bits per heavy atom. The van der Waals surface area contributed by atoms with Gasteiger partial charge in [-0.25, -0.2) is 0 Å². The Hall–Kier alpha value is -2.19. The van der Waals surface area contributed by atoms with Gasteiger partial charge in [0.05, 0.1) is 6.42 Å². The molecule has 0 aliphatic carbocycles. The molecule has 1 rings (SSSR count). The van der Waals surface area contributed by atoms with Crippen LogP contribution in [-0.2, 0) is 16.0 Å². The van der Waals surface area contributed by atoms with Gasteiger partial charge in [-0.1, -0.05) is 36.3 Å². The Morgan fingerprint density at radius 2 is 2.00 bits per heavy atom. The van der Waals surface area contributed by atoms with Crippen LogP contribution in [0.2, 0.25) is 0 Å². The van der Waals surface area contributed by atoms with Crippen molar-refractivity contribution in [3.8, 4) is 24.4 Å². The molecule has 0 unspecified atom stereocenters. The molecule has 0 aliphatic rings. The summed E-state index contributed by atoms with van der Waals surface area (Å²) in [6.07, 6.45) is 8.76. The zero-order valence-electron chi connectivity index (χ0n) is 8.90. The number of hydrogen-bond acceptors (Lipinski definition) is 2. The number of terminal acetylenes is 1. The highest BCUT2D eigenvalue weighted by Gasteiger charge is 2.02. The molecule has 0 aliphatic heterocycles. The van der Waals surface area contributed by atoms with E-state index in [1.54, 1.807) is 0 Å².